The maximum atomic E-state index is 12.8. The molecule has 0 aromatic heterocycles. The number of carbonyl (C=O) groups excluding carboxylic acids is 1. The molecule has 2 nitrogen and oxygen atoms in total. The van der Waals surface area contributed by atoms with Crippen LogP contribution in [0.1, 0.15) is 51.9 Å². The summed E-state index contributed by atoms with van der Waals surface area (Å²) in [4.78, 5) is 12.8. The van der Waals surface area contributed by atoms with Gasteiger partial charge in [-0.3, -0.25) is 4.79 Å². The van der Waals surface area contributed by atoms with Crippen LogP contribution in [0.3, 0.4) is 0 Å². The van der Waals surface area contributed by atoms with Crippen LogP contribution in [0.2, 0.25) is 0 Å². The van der Waals surface area contributed by atoms with Crippen LogP contribution in [-0.2, 0) is 9.53 Å². The Morgan fingerprint density at radius 1 is 1.35 bits per heavy atom. The van der Waals surface area contributed by atoms with E-state index in [9.17, 15) is 4.79 Å². The van der Waals surface area contributed by atoms with E-state index in [1.807, 2.05) is 0 Å². The summed E-state index contributed by atoms with van der Waals surface area (Å²) < 4.78 is 5.47. The molecule has 124 valence electrons. The van der Waals surface area contributed by atoms with Crippen molar-refractivity contribution in [3.63, 3.8) is 0 Å². The van der Waals surface area contributed by atoms with Gasteiger partial charge in [0.05, 0.1) is 12.9 Å². The summed E-state index contributed by atoms with van der Waals surface area (Å²) >= 11 is 0. The first-order valence-corrected chi connectivity index (χ1v) is 9.28. The molecule has 0 saturated heterocycles. The largest absolute Gasteiger partial charge is 0.501 e. The molecule has 0 heterocycles. The van der Waals surface area contributed by atoms with E-state index in [4.69, 9.17) is 4.74 Å². The van der Waals surface area contributed by atoms with Gasteiger partial charge >= 0.3 is 0 Å². The van der Waals surface area contributed by atoms with Gasteiger partial charge in [0.2, 0.25) is 0 Å². The first-order valence-electron chi connectivity index (χ1n) is 9.28. The zero-order chi connectivity index (χ0) is 16.2. The van der Waals surface area contributed by atoms with E-state index >= 15 is 0 Å². The van der Waals surface area contributed by atoms with Crippen molar-refractivity contribution < 1.29 is 9.53 Å². The van der Waals surface area contributed by atoms with Crippen LogP contribution in [-0.4, -0.2) is 12.9 Å². The number of methoxy groups -OCH3 is 1. The second-order valence-corrected chi connectivity index (χ2v) is 8.02. The number of Topliss-reactive ketones (excluding diaryl/α,β-unsaturated/α-hetero) is 1. The minimum atomic E-state index is -0.0776. The highest BCUT2D eigenvalue weighted by Gasteiger charge is 2.58. The molecule has 5 atom stereocenters. The molecule has 0 aliphatic heterocycles. The number of ketones is 1. The fourth-order valence-corrected chi connectivity index (χ4v) is 6.24. The molecule has 0 amide bonds. The quantitative estimate of drug-likeness (QED) is 0.683. The van der Waals surface area contributed by atoms with Gasteiger partial charge in [-0.1, -0.05) is 19.6 Å². The lowest BCUT2D eigenvalue weighted by Crippen LogP contribution is -2.46. The summed E-state index contributed by atoms with van der Waals surface area (Å²) in [5.74, 6) is 4.19. The van der Waals surface area contributed by atoms with Crippen LogP contribution in [0.5, 0.6) is 0 Å². The van der Waals surface area contributed by atoms with Gasteiger partial charge in [-0.15, -0.1) is 0 Å². The minimum absolute atomic E-state index is 0.0776. The molecule has 4 rings (SSSR count). The second kappa shape index (κ2) is 5.36. The fourth-order valence-electron chi connectivity index (χ4n) is 6.24. The van der Waals surface area contributed by atoms with Crippen LogP contribution in [0, 0.1) is 29.1 Å². The Hall–Kier alpha value is -1.31. The number of hydrogen-bond donors (Lipinski definition) is 0. The number of allylic oxidation sites excluding steroid dienone is 5. The lowest BCUT2D eigenvalue weighted by atomic mass is 9.52. The van der Waals surface area contributed by atoms with Crippen molar-refractivity contribution in [2.24, 2.45) is 29.1 Å². The normalized spacial score (nSPS) is 42.3. The number of rotatable bonds is 2. The topological polar surface area (TPSA) is 26.3 Å². The summed E-state index contributed by atoms with van der Waals surface area (Å²) in [6, 6.07) is 0. The third kappa shape index (κ3) is 2.03. The summed E-state index contributed by atoms with van der Waals surface area (Å²) in [5.41, 5.74) is 2.32. The third-order valence-corrected chi connectivity index (χ3v) is 7.43. The molecule has 2 saturated carbocycles. The van der Waals surface area contributed by atoms with Crippen molar-refractivity contribution in [3.8, 4) is 0 Å². The van der Waals surface area contributed by atoms with E-state index in [2.05, 4.69) is 25.7 Å². The molecule has 0 aromatic rings. The molecule has 0 spiro atoms. The van der Waals surface area contributed by atoms with Gasteiger partial charge < -0.3 is 4.74 Å². The number of carbonyl (C=O) groups is 1. The van der Waals surface area contributed by atoms with Gasteiger partial charge in [0.25, 0.3) is 0 Å². The Bertz CT molecular complexity index is 611. The van der Waals surface area contributed by atoms with Crippen LogP contribution < -0.4 is 0 Å². The van der Waals surface area contributed by atoms with Crippen molar-refractivity contribution in [1.29, 1.82) is 0 Å². The highest BCUT2D eigenvalue weighted by Crippen LogP contribution is 2.62. The minimum Gasteiger partial charge on any atom is -0.501 e. The number of hydrogen-bond acceptors (Lipinski definition) is 2. The molecule has 0 bridgehead atoms. The molecule has 4 aliphatic carbocycles. The summed E-state index contributed by atoms with van der Waals surface area (Å²) in [6.07, 6.45) is 12.4. The molecule has 0 aromatic carbocycles. The SMILES string of the molecule is C=C1CC2C3CC=C4C=C(OC)CC[C@@H]4C3CC[C@]2(CC)C1=O. The monoisotopic (exact) mass is 312 g/mol. The van der Waals surface area contributed by atoms with E-state index in [1.165, 1.54) is 18.4 Å². The van der Waals surface area contributed by atoms with Crippen LogP contribution >= 0.6 is 0 Å². The molecule has 3 unspecified atom stereocenters. The summed E-state index contributed by atoms with van der Waals surface area (Å²) in [6.45, 7) is 6.31. The molecular formula is C21H28O2. The van der Waals surface area contributed by atoms with Crippen molar-refractivity contribution >= 4 is 5.78 Å². The van der Waals surface area contributed by atoms with Crippen molar-refractivity contribution in [1.82, 2.24) is 0 Å². The maximum absolute atomic E-state index is 12.8. The molecule has 2 fully saturated rings. The fraction of sp³-hybridized carbons (Fsp3) is 0.667. The van der Waals surface area contributed by atoms with Gasteiger partial charge in [-0.2, -0.15) is 0 Å². The highest BCUT2D eigenvalue weighted by atomic mass is 16.5. The Kier molecular flexibility index (Phi) is 3.55. The van der Waals surface area contributed by atoms with Crippen molar-refractivity contribution in [3.05, 3.63) is 35.6 Å². The van der Waals surface area contributed by atoms with Crippen molar-refractivity contribution in [2.45, 2.75) is 51.9 Å². The molecule has 23 heavy (non-hydrogen) atoms. The predicted octanol–water partition coefficient (Wildman–Crippen LogP) is 4.82. The van der Waals surface area contributed by atoms with E-state index in [0.717, 1.165) is 49.4 Å². The number of fused-ring (bicyclic) bond motifs is 5. The van der Waals surface area contributed by atoms with E-state index < -0.39 is 0 Å². The smallest absolute Gasteiger partial charge is 0.164 e. The van der Waals surface area contributed by atoms with E-state index in [-0.39, 0.29) is 5.41 Å². The molecule has 4 aliphatic rings. The Morgan fingerprint density at radius 3 is 2.91 bits per heavy atom. The molecule has 0 N–H and O–H groups in total. The Balaban J connectivity index is 1.68. The first-order chi connectivity index (χ1) is 11.1. The molecule has 2 heteroatoms. The summed E-state index contributed by atoms with van der Waals surface area (Å²) in [7, 11) is 1.78. The third-order valence-electron chi connectivity index (χ3n) is 7.43. The van der Waals surface area contributed by atoms with Gasteiger partial charge in [0.1, 0.15) is 0 Å². The first kappa shape index (κ1) is 15.2. The maximum Gasteiger partial charge on any atom is 0.164 e. The predicted molar refractivity (Wildman–Crippen MR) is 91.7 cm³/mol. The van der Waals surface area contributed by atoms with Gasteiger partial charge in [0, 0.05) is 11.8 Å². The lowest BCUT2D eigenvalue weighted by Gasteiger charge is -2.51. The average molecular weight is 312 g/mol. The highest BCUT2D eigenvalue weighted by molar-refractivity contribution is 6.02. The number of ether oxygens (including phenoxy) is 1. The van der Waals surface area contributed by atoms with Gasteiger partial charge in [-0.25, -0.2) is 0 Å². The Labute approximate surface area is 139 Å². The van der Waals surface area contributed by atoms with E-state index in [0.29, 0.717) is 23.5 Å². The second-order valence-electron chi connectivity index (χ2n) is 8.02. The molecular weight excluding hydrogens is 284 g/mol. The van der Waals surface area contributed by atoms with Gasteiger partial charge in [0.15, 0.2) is 5.78 Å². The van der Waals surface area contributed by atoms with E-state index in [1.54, 1.807) is 7.11 Å². The zero-order valence-electron chi connectivity index (χ0n) is 14.4. The average Bonchev–Trinajstić information content (AvgIpc) is 2.85. The van der Waals surface area contributed by atoms with Crippen LogP contribution in [0.25, 0.3) is 0 Å². The molecule has 0 radical (unpaired) electrons. The zero-order valence-corrected chi connectivity index (χ0v) is 14.4. The Morgan fingerprint density at radius 2 is 2.17 bits per heavy atom. The van der Waals surface area contributed by atoms with Crippen LogP contribution in [0.15, 0.2) is 35.6 Å². The summed E-state index contributed by atoms with van der Waals surface area (Å²) in [5, 5.41) is 0. The standard InChI is InChI=1S/C21H28O2/c1-4-21-10-9-17-16-8-6-15(23-3)12-14(16)5-7-18(17)19(21)11-13(2)20(21)22/h5,12,16-19H,2,4,6-11H2,1,3H3/t16-,17?,18?,19?,21-/m0/s1. The van der Waals surface area contributed by atoms with Crippen LogP contribution in [0.4, 0.5) is 0 Å². The van der Waals surface area contributed by atoms with Crippen molar-refractivity contribution in [2.75, 3.05) is 7.11 Å². The lowest BCUT2D eigenvalue weighted by molar-refractivity contribution is -0.130. The van der Waals surface area contributed by atoms with Gasteiger partial charge in [-0.05, 0) is 79.4 Å².